The van der Waals surface area contributed by atoms with Crippen LogP contribution in [0.15, 0.2) is 0 Å². The van der Waals surface area contributed by atoms with Crippen LogP contribution in [0, 0.1) is 11.8 Å². The van der Waals surface area contributed by atoms with E-state index in [0.717, 1.165) is 69.6 Å². The zero-order chi connectivity index (χ0) is 35.5. The molecule has 0 aliphatic carbocycles. The van der Waals surface area contributed by atoms with Gasteiger partial charge in [-0.25, -0.2) is 0 Å². The first kappa shape index (κ1) is 46.4. The summed E-state index contributed by atoms with van der Waals surface area (Å²) in [6.07, 6.45) is 31.0. The van der Waals surface area contributed by atoms with Crippen LogP contribution >= 0.6 is 0 Å². The summed E-state index contributed by atoms with van der Waals surface area (Å²) in [4.78, 5) is 37.4. The Labute approximate surface area is 298 Å². The van der Waals surface area contributed by atoms with E-state index in [2.05, 4.69) is 34.6 Å². The standard InChI is InChI=1S/C42H80O6/c1-6-8-9-10-15-22-27-32-40(43)46-35-39(48-42(45)34-29-24-19-18-20-25-30-37(3)4)36-47-41(44)33-28-23-17-14-12-11-13-16-21-26-31-38(5)7-2/h37-39H,6-36H2,1-5H3/t38?,39-/m1/s1. The fourth-order valence-corrected chi connectivity index (χ4v) is 6.01. The third kappa shape index (κ3) is 34.3. The summed E-state index contributed by atoms with van der Waals surface area (Å²) >= 11 is 0. The quantitative estimate of drug-likeness (QED) is 0.0372. The van der Waals surface area contributed by atoms with E-state index in [9.17, 15) is 14.4 Å². The zero-order valence-electron chi connectivity index (χ0n) is 32.6. The molecule has 0 saturated carbocycles. The van der Waals surface area contributed by atoms with E-state index in [1.54, 1.807) is 0 Å². The molecule has 284 valence electrons. The summed E-state index contributed by atoms with van der Waals surface area (Å²) in [7, 11) is 0. The molecular weight excluding hydrogens is 600 g/mol. The third-order valence-corrected chi connectivity index (χ3v) is 9.58. The molecule has 0 aromatic carbocycles. The van der Waals surface area contributed by atoms with Gasteiger partial charge in [0.15, 0.2) is 6.10 Å². The minimum Gasteiger partial charge on any atom is -0.462 e. The normalized spacial score (nSPS) is 12.6. The van der Waals surface area contributed by atoms with Crippen LogP contribution in [-0.4, -0.2) is 37.2 Å². The first-order valence-electron chi connectivity index (χ1n) is 20.8. The average Bonchev–Trinajstić information content (AvgIpc) is 3.06. The Morgan fingerprint density at radius 2 is 0.792 bits per heavy atom. The Kier molecular flexibility index (Phi) is 34.1. The predicted molar refractivity (Wildman–Crippen MR) is 201 cm³/mol. The number of carbonyl (C=O) groups is 3. The van der Waals surface area contributed by atoms with Crippen LogP contribution in [0.2, 0.25) is 0 Å². The molecule has 0 aliphatic heterocycles. The molecule has 0 bridgehead atoms. The summed E-state index contributed by atoms with van der Waals surface area (Å²) in [5.41, 5.74) is 0. The smallest absolute Gasteiger partial charge is 0.306 e. The molecule has 0 aliphatic rings. The van der Waals surface area contributed by atoms with E-state index in [0.29, 0.717) is 19.3 Å². The number of carbonyl (C=O) groups excluding carboxylic acids is 3. The van der Waals surface area contributed by atoms with E-state index in [-0.39, 0.29) is 31.1 Å². The van der Waals surface area contributed by atoms with Gasteiger partial charge < -0.3 is 14.2 Å². The van der Waals surface area contributed by atoms with Crippen LogP contribution in [-0.2, 0) is 28.6 Å². The third-order valence-electron chi connectivity index (χ3n) is 9.58. The van der Waals surface area contributed by atoms with Crippen LogP contribution in [0.4, 0.5) is 0 Å². The van der Waals surface area contributed by atoms with Gasteiger partial charge in [0.25, 0.3) is 0 Å². The highest BCUT2D eigenvalue weighted by Gasteiger charge is 2.19. The summed E-state index contributed by atoms with van der Waals surface area (Å²) in [5, 5.41) is 0. The van der Waals surface area contributed by atoms with Crippen LogP contribution < -0.4 is 0 Å². The minimum absolute atomic E-state index is 0.0670. The number of esters is 3. The van der Waals surface area contributed by atoms with Crippen molar-refractivity contribution in [2.45, 2.75) is 227 Å². The van der Waals surface area contributed by atoms with Gasteiger partial charge in [-0.3, -0.25) is 14.4 Å². The second-order valence-electron chi connectivity index (χ2n) is 15.0. The molecule has 0 heterocycles. The molecule has 0 radical (unpaired) electrons. The van der Waals surface area contributed by atoms with E-state index in [4.69, 9.17) is 14.2 Å². The van der Waals surface area contributed by atoms with Gasteiger partial charge in [0.05, 0.1) is 0 Å². The monoisotopic (exact) mass is 681 g/mol. The predicted octanol–water partition coefficient (Wildman–Crippen LogP) is 12.6. The number of hydrogen-bond donors (Lipinski definition) is 0. The highest BCUT2D eigenvalue weighted by atomic mass is 16.6. The van der Waals surface area contributed by atoms with E-state index >= 15 is 0 Å². The van der Waals surface area contributed by atoms with Crippen LogP contribution in [0.3, 0.4) is 0 Å². The number of ether oxygens (including phenoxy) is 3. The van der Waals surface area contributed by atoms with Crippen molar-refractivity contribution in [2.75, 3.05) is 13.2 Å². The maximum atomic E-state index is 12.6. The Balaban J connectivity index is 4.28. The highest BCUT2D eigenvalue weighted by Crippen LogP contribution is 2.16. The van der Waals surface area contributed by atoms with Crippen LogP contribution in [0.5, 0.6) is 0 Å². The van der Waals surface area contributed by atoms with Crippen LogP contribution in [0.25, 0.3) is 0 Å². The fraction of sp³-hybridized carbons (Fsp3) is 0.929. The molecule has 6 nitrogen and oxygen atoms in total. The van der Waals surface area contributed by atoms with Crippen molar-refractivity contribution in [3.63, 3.8) is 0 Å². The molecule has 0 aromatic rings. The largest absolute Gasteiger partial charge is 0.462 e. The topological polar surface area (TPSA) is 78.9 Å². The molecule has 0 rings (SSSR count). The van der Waals surface area contributed by atoms with E-state index in [1.165, 1.54) is 109 Å². The lowest BCUT2D eigenvalue weighted by Crippen LogP contribution is -2.30. The molecule has 0 saturated heterocycles. The number of unbranched alkanes of at least 4 members (excludes halogenated alkanes) is 20. The zero-order valence-corrected chi connectivity index (χ0v) is 32.6. The van der Waals surface area contributed by atoms with Crippen molar-refractivity contribution in [1.29, 1.82) is 0 Å². The minimum atomic E-state index is -0.759. The maximum absolute atomic E-state index is 12.6. The summed E-state index contributed by atoms with van der Waals surface area (Å²) in [6, 6.07) is 0. The second kappa shape index (κ2) is 35.2. The molecule has 2 atom stereocenters. The molecule has 0 aromatic heterocycles. The SMILES string of the molecule is CCCCCCCCCC(=O)OC[C@H](COC(=O)CCCCCCCCCCCCC(C)CC)OC(=O)CCCCCCCCC(C)C. The van der Waals surface area contributed by atoms with Crippen molar-refractivity contribution >= 4 is 17.9 Å². The van der Waals surface area contributed by atoms with Gasteiger partial charge in [-0.2, -0.15) is 0 Å². The van der Waals surface area contributed by atoms with Gasteiger partial charge in [0.1, 0.15) is 13.2 Å². The molecule has 0 spiro atoms. The van der Waals surface area contributed by atoms with E-state index in [1.807, 2.05) is 0 Å². The van der Waals surface area contributed by atoms with Gasteiger partial charge in [0, 0.05) is 19.3 Å². The molecule has 0 amide bonds. The Bertz CT molecular complexity index is 736. The van der Waals surface area contributed by atoms with Crippen molar-refractivity contribution < 1.29 is 28.6 Å². The highest BCUT2D eigenvalue weighted by molar-refractivity contribution is 5.71. The van der Waals surface area contributed by atoms with Crippen molar-refractivity contribution in [3.05, 3.63) is 0 Å². The van der Waals surface area contributed by atoms with E-state index < -0.39 is 6.10 Å². The summed E-state index contributed by atoms with van der Waals surface area (Å²) < 4.78 is 16.6. The molecule has 0 N–H and O–H groups in total. The van der Waals surface area contributed by atoms with Gasteiger partial charge in [0.2, 0.25) is 0 Å². The molecule has 48 heavy (non-hydrogen) atoms. The second-order valence-corrected chi connectivity index (χ2v) is 15.0. The van der Waals surface area contributed by atoms with Gasteiger partial charge in [-0.05, 0) is 31.1 Å². The van der Waals surface area contributed by atoms with Gasteiger partial charge in [-0.15, -0.1) is 0 Å². The lowest BCUT2D eigenvalue weighted by Gasteiger charge is -2.18. The van der Waals surface area contributed by atoms with Crippen molar-refractivity contribution in [3.8, 4) is 0 Å². The molecule has 0 fully saturated rings. The summed E-state index contributed by atoms with van der Waals surface area (Å²) in [5.74, 6) is 0.754. The first-order chi connectivity index (χ1) is 23.3. The van der Waals surface area contributed by atoms with Gasteiger partial charge in [-0.1, -0.05) is 182 Å². The number of rotatable bonds is 36. The summed E-state index contributed by atoms with van der Waals surface area (Å²) in [6.45, 7) is 11.2. The average molecular weight is 681 g/mol. The molecule has 6 heteroatoms. The van der Waals surface area contributed by atoms with Crippen LogP contribution in [0.1, 0.15) is 221 Å². The van der Waals surface area contributed by atoms with Crippen molar-refractivity contribution in [2.24, 2.45) is 11.8 Å². The fourth-order valence-electron chi connectivity index (χ4n) is 6.01. The van der Waals surface area contributed by atoms with Gasteiger partial charge >= 0.3 is 17.9 Å². The maximum Gasteiger partial charge on any atom is 0.306 e. The lowest BCUT2D eigenvalue weighted by molar-refractivity contribution is -0.167. The lowest BCUT2D eigenvalue weighted by atomic mass is 9.99. The Hall–Kier alpha value is -1.59. The first-order valence-corrected chi connectivity index (χ1v) is 20.8. The number of hydrogen-bond acceptors (Lipinski definition) is 6. The van der Waals surface area contributed by atoms with Crippen molar-refractivity contribution in [1.82, 2.24) is 0 Å². The Morgan fingerprint density at radius 3 is 1.19 bits per heavy atom. The Morgan fingerprint density at radius 1 is 0.438 bits per heavy atom. The molecule has 1 unspecified atom stereocenters. The molecular formula is C42H80O6.